The van der Waals surface area contributed by atoms with Gasteiger partial charge in [0, 0.05) is 11.1 Å². The van der Waals surface area contributed by atoms with Gasteiger partial charge in [-0.1, -0.05) is 0 Å². The van der Waals surface area contributed by atoms with Gasteiger partial charge in [-0.2, -0.15) is 5.10 Å². The molecule has 3 aromatic rings. The van der Waals surface area contributed by atoms with Crippen molar-refractivity contribution < 1.29 is 23.1 Å². The number of nitrogens with one attached hydrogen (secondary N) is 1. The summed E-state index contributed by atoms with van der Waals surface area (Å²) in [5.74, 6) is 1.47. The van der Waals surface area contributed by atoms with Gasteiger partial charge in [-0.25, -0.2) is 9.82 Å². The van der Waals surface area contributed by atoms with Crippen molar-refractivity contribution in [3.8, 4) is 22.8 Å². The van der Waals surface area contributed by atoms with Crippen LogP contribution in [-0.4, -0.2) is 18.9 Å². The third-order valence-electron chi connectivity index (χ3n) is 3.75. The van der Waals surface area contributed by atoms with E-state index in [2.05, 4.69) is 10.5 Å². The Morgan fingerprint density at radius 3 is 2.69 bits per heavy atom. The summed E-state index contributed by atoms with van der Waals surface area (Å²) in [4.78, 5) is 12.1. The van der Waals surface area contributed by atoms with E-state index in [4.69, 9.17) is 13.9 Å². The second-order valence-electron chi connectivity index (χ2n) is 5.48. The summed E-state index contributed by atoms with van der Waals surface area (Å²) >= 11 is 0. The van der Waals surface area contributed by atoms with Crippen LogP contribution >= 0.6 is 0 Å². The predicted octanol–water partition coefficient (Wildman–Crippen LogP) is 3.58. The molecule has 6 nitrogen and oxygen atoms in total. The molecule has 7 heteroatoms. The van der Waals surface area contributed by atoms with Gasteiger partial charge in [-0.15, -0.1) is 0 Å². The lowest BCUT2D eigenvalue weighted by atomic mass is 10.2. The first-order chi connectivity index (χ1) is 12.7. The third kappa shape index (κ3) is 3.27. The van der Waals surface area contributed by atoms with Crippen LogP contribution in [0.5, 0.6) is 11.5 Å². The standard InChI is InChI=1S/C19H13FN2O4/c20-14-4-1-12(2-5-14)16-8-6-15(26-16)10-21-22-19(23)13-3-7-17-18(9-13)25-11-24-17/h1-10H,11H2,(H,22,23)/b21-10-. The lowest BCUT2D eigenvalue weighted by Gasteiger charge is -2.01. The highest BCUT2D eigenvalue weighted by Gasteiger charge is 2.15. The molecular formula is C19H13FN2O4. The smallest absolute Gasteiger partial charge is 0.271 e. The number of furan rings is 1. The molecule has 2 aromatic carbocycles. The number of hydrazone groups is 1. The summed E-state index contributed by atoms with van der Waals surface area (Å²) in [5, 5.41) is 3.88. The Kier molecular flexibility index (Phi) is 4.10. The minimum absolute atomic E-state index is 0.146. The first-order valence-corrected chi connectivity index (χ1v) is 7.78. The number of fused-ring (bicyclic) bond motifs is 1. The first-order valence-electron chi connectivity index (χ1n) is 7.78. The van der Waals surface area contributed by atoms with E-state index in [1.54, 1.807) is 42.5 Å². The normalized spacial score (nSPS) is 12.5. The average molecular weight is 352 g/mol. The molecule has 0 saturated carbocycles. The van der Waals surface area contributed by atoms with E-state index in [0.717, 1.165) is 5.56 Å². The first kappa shape index (κ1) is 15.9. The monoisotopic (exact) mass is 352 g/mol. The van der Waals surface area contributed by atoms with Gasteiger partial charge in [0.25, 0.3) is 5.91 Å². The second kappa shape index (κ2) is 6.72. The maximum atomic E-state index is 13.0. The molecule has 1 N–H and O–H groups in total. The summed E-state index contributed by atoms with van der Waals surface area (Å²) in [6, 6.07) is 14.3. The average Bonchev–Trinajstić information content (AvgIpc) is 3.31. The second-order valence-corrected chi connectivity index (χ2v) is 5.48. The van der Waals surface area contributed by atoms with Crippen LogP contribution in [0.4, 0.5) is 4.39 Å². The Hall–Kier alpha value is -3.61. The number of hydrogen-bond donors (Lipinski definition) is 1. The van der Waals surface area contributed by atoms with Gasteiger partial charge in [-0.3, -0.25) is 4.79 Å². The molecule has 0 fully saturated rings. The number of carbonyl (C=O) groups excluding carboxylic acids is 1. The molecule has 2 heterocycles. The molecule has 0 unspecified atom stereocenters. The Morgan fingerprint density at radius 2 is 1.85 bits per heavy atom. The van der Waals surface area contributed by atoms with Crippen molar-refractivity contribution in [3.05, 3.63) is 71.7 Å². The molecule has 0 saturated heterocycles. The van der Waals surface area contributed by atoms with Crippen LogP contribution in [-0.2, 0) is 0 Å². The van der Waals surface area contributed by atoms with Crippen LogP contribution in [0, 0.1) is 5.82 Å². The van der Waals surface area contributed by atoms with Crippen LogP contribution < -0.4 is 14.9 Å². The van der Waals surface area contributed by atoms with Crippen molar-refractivity contribution in [2.24, 2.45) is 5.10 Å². The van der Waals surface area contributed by atoms with Crippen molar-refractivity contribution in [1.29, 1.82) is 0 Å². The Bertz CT molecular complexity index is 979. The molecule has 0 spiro atoms. The number of rotatable bonds is 4. The molecule has 1 aliphatic rings. The fourth-order valence-electron chi connectivity index (χ4n) is 2.45. The lowest BCUT2D eigenvalue weighted by molar-refractivity contribution is 0.0954. The molecule has 0 bridgehead atoms. The summed E-state index contributed by atoms with van der Waals surface area (Å²) in [5.41, 5.74) is 3.57. The minimum Gasteiger partial charge on any atom is -0.455 e. The van der Waals surface area contributed by atoms with E-state index in [1.165, 1.54) is 18.3 Å². The van der Waals surface area contributed by atoms with Crippen LogP contribution in [0.2, 0.25) is 0 Å². The van der Waals surface area contributed by atoms with Crippen molar-refractivity contribution in [3.63, 3.8) is 0 Å². The van der Waals surface area contributed by atoms with Crippen LogP contribution in [0.3, 0.4) is 0 Å². The Labute approximate surface area is 147 Å². The molecule has 130 valence electrons. The number of ether oxygens (including phenoxy) is 2. The van der Waals surface area contributed by atoms with Crippen molar-refractivity contribution in [2.45, 2.75) is 0 Å². The predicted molar refractivity (Wildman–Crippen MR) is 91.7 cm³/mol. The van der Waals surface area contributed by atoms with E-state index in [9.17, 15) is 9.18 Å². The fourth-order valence-corrected chi connectivity index (χ4v) is 2.45. The van der Waals surface area contributed by atoms with Gasteiger partial charge in [-0.05, 0) is 54.6 Å². The number of carbonyl (C=O) groups is 1. The van der Waals surface area contributed by atoms with Gasteiger partial charge in [0.05, 0.1) is 6.21 Å². The number of amides is 1. The molecule has 0 atom stereocenters. The number of halogens is 1. The van der Waals surface area contributed by atoms with Crippen molar-refractivity contribution in [1.82, 2.24) is 5.43 Å². The largest absolute Gasteiger partial charge is 0.455 e. The van der Waals surface area contributed by atoms with E-state index in [-0.39, 0.29) is 18.5 Å². The van der Waals surface area contributed by atoms with Gasteiger partial charge in [0.1, 0.15) is 17.3 Å². The molecule has 0 aliphatic carbocycles. The van der Waals surface area contributed by atoms with E-state index in [1.807, 2.05) is 0 Å². The highest BCUT2D eigenvalue weighted by atomic mass is 19.1. The zero-order valence-corrected chi connectivity index (χ0v) is 13.4. The maximum Gasteiger partial charge on any atom is 0.271 e. The topological polar surface area (TPSA) is 73.1 Å². The van der Waals surface area contributed by atoms with Crippen LogP contribution in [0.1, 0.15) is 16.1 Å². The summed E-state index contributed by atoms with van der Waals surface area (Å²) < 4.78 is 29.0. The van der Waals surface area contributed by atoms with Crippen molar-refractivity contribution >= 4 is 12.1 Å². The molecule has 1 aromatic heterocycles. The summed E-state index contributed by atoms with van der Waals surface area (Å²) in [6.07, 6.45) is 1.39. The summed E-state index contributed by atoms with van der Waals surface area (Å²) in [6.45, 7) is 0.146. The molecule has 1 amide bonds. The molecule has 0 radical (unpaired) electrons. The van der Waals surface area contributed by atoms with Gasteiger partial charge < -0.3 is 13.9 Å². The molecule has 4 rings (SSSR count). The minimum atomic E-state index is -0.384. The van der Waals surface area contributed by atoms with E-state index < -0.39 is 0 Å². The van der Waals surface area contributed by atoms with Crippen molar-refractivity contribution in [2.75, 3.05) is 6.79 Å². The van der Waals surface area contributed by atoms with Crippen LogP contribution in [0.15, 0.2) is 64.1 Å². The SMILES string of the molecule is O=C(N/N=C\c1ccc(-c2ccc(F)cc2)o1)c1ccc2c(c1)OCO2. The van der Waals surface area contributed by atoms with Gasteiger partial charge >= 0.3 is 0 Å². The third-order valence-corrected chi connectivity index (χ3v) is 3.75. The molecular weight excluding hydrogens is 339 g/mol. The number of nitrogens with zero attached hydrogens (tertiary/aromatic N) is 1. The summed E-state index contributed by atoms with van der Waals surface area (Å²) in [7, 11) is 0. The maximum absolute atomic E-state index is 13.0. The number of hydrogen-bond acceptors (Lipinski definition) is 5. The molecule has 26 heavy (non-hydrogen) atoms. The van der Waals surface area contributed by atoms with E-state index in [0.29, 0.717) is 28.6 Å². The highest BCUT2D eigenvalue weighted by molar-refractivity contribution is 5.95. The zero-order valence-electron chi connectivity index (χ0n) is 13.4. The Morgan fingerprint density at radius 1 is 1.04 bits per heavy atom. The van der Waals surface area contributed by atoms with Gasteiger partial charge in [0.2, 0.25) is 6.79 Å². The zero-order chi connectivity index (χ0) is 17.9. The lowest BCUT2D eigenvalue weighted by Crippen LogP contribution is -2.17. The van der Waals surface area contributed by atoms with Crippen LogP contribution in [0.25, 0.3) is 11.3 Å². The fraction of sp³-hybridized carbons (Fsp3) is 0.0526. The quantitative estimate of drug-likeness (QED) is 0.575. The molecule has 1 aliphatic heterocycles. The highest BCUT2D eigenvalue weighted by Crippen LogP contribution is 2.32. The number of benzene rings is 2. The Balaban J connectivity index is 1.41. The van der Waals surface area contributed by atoms with Gasteiger partial charge in [0.15, 0.2) is 11.5 Å². The van der Waals surface area contributed by atoms with E-state index >= 15 is 0 Å².